The van der Waals surface area contributed by atoms with Crippen molar-refractivity contribution >= 4 is 0 Å². The van der Waals surface area contributed by atoms with Crippen molar-refractivity contribution in [3.8, 4) is 0 Å². The largest absolute Gasteiger partial charge is 0.379 e. The summed E-state index contributed by atoms with van der Waals surface area (Å²) in [6.07, 6.45) is 6.96. The van der Waals surface area contributed by atoms with E-state index >= 15 is 0 Å². The van der Waals surface area contributed by atoms with E-state index in [2.05, 4.69) is 12.4 Å². The van der Waals surface area contributed by atoms with E-state index in [1.54, 1.807) is 0 Å². The number of hydrogen-bond donors (Lipinski definition) is 1. The van der Waals surface area contributed by atoms with E-state index in [-0.39, 0.29) is 0 Å². The van der Waals surface area contributed by atoms with Crippen LogP contribution in [0.3, 0.4) is 0 Å². The lowest BCUT2D eigenvalue weighted by Gasteiger charge is -2.24. The number of hydrogen-bond acceptors (Lipinski definition) is 3. The van der Waals surface area contributed by atoms with E-state index in [4.69, 9.17) is 9.47 Å². The molecule has 15 heavy (non-hydrogen) atoms. The summed E-state index contributed by atoms with van der Waals surface area (Å²) in [4.78, 5) is 0. The molecule has 1 saturated heterocycles. The Morgan fingerprint density at radius 1 is 1.33 bits per heavy atom. The van der Waals surface area contributed by atoms with Crippen molar-refractivity contribution < 1.29 is 9.47 Å². The molecule has 0 aromatic heterocycles. The molecule has 0 bridgehead atoms. The summed E-state index contributed by atoms with van der Waals surface area (Å²) in [6, 6.07) is 0.549. The number of likely N-dealkylation sites (N-methyl/N-ethyl adjacent to an activating group) is 1. The molecule has 2 fully saturated rings. The van der Waals surface area contributed by atoms with Gasteiger partial charge >= 0.3 is 0 Å². The maximum Gasteiger partial charge on any atom is 0.0831 e. The fraction of sp³-hybridized carbons (Fsp3) is 1.00. The molecule has 2 rings (SSSR count). The molecule has 0 aromatic carbocycles. The Kier molecular flexibility index (Phi) is 4.42. The average Bonchev–Trinajstić information content (AvgIpc) is 2.90. The molecule has 2 aliphatic rings. The molecule has 3 heteroatoms. The highest BCUT2D eigenvalue weighted by Crippen LogP contribution is 2.28. The van der Waals surface area contributed by atoms with E-state index in [1.165, 1.54) is 25.7 Å². The maximum absolute atomic E-state index is 5.88. The van der Waals surface area contributed by atoms with Gasteiger partial charge in [0.05, 0.1) is 19.3 Å². The van der Waals surface area contributed by atoms with Gasteiger partial charge in [-0.15, -0.1) is 0 Å². The summed E-state index contributed by atoms with van der Waals surface area (Å²) in [7, 11) is 2.05. The molecule has 1 aliphatic heterocycles. The van der Waals surface area contributed by atoms with Crippen molar-refractivity contribution in [1.29, 1.82) is 0 Å². The Balaban J connectivity index is 1.69. The number of ether oxygens (including phenoxy) is 2. The second kappa shape index (κ2) is 5.83. The zero-order chi connectivity index (χ0) is 10.5. The van der Waals surface area contributed by atoms with Gasteiger partial charge in [0.1, 0.15) is 0 Å². The van der Waals surface area contributed by atoms with Crippen LogP contribution in [0.15, 0.2) is 0 Å². The monoisotopic (exact) mass is 213 g/mol. The summed E-state index contributed by atoms with van der Waals surface area (Å²) in [5, 5.41) is 3.40. The Labute approximate surface area is 92.5 Å². The van der Waals surface area contributed by atoms with Crippen molar-refractivity contribution in [1.82, 2.24) is 5.32 Å². The van der Waals surface area contributed by atoms with E-state index in [0.717, 1.165) is 32.2 Å². The van der Waals surface area contributed by atoms with Gasteiger partial charge in [-0.25, -0.2) is 0 Å². The summed E-state index contributed by atoms with van der Waals surface area (Å²) in [5.41, 5.74) is 0. The first-order valence-corrected chi connectivity index (χ1v) is 6.26. The maximum atomic E-state index is 5.88. The summed E-state index contributed by atoms with van der Waals surface area (Å²) < 4.78 is 11.2. The Hall–Kier alpha value is -0.120. The Morgan fingerprint density at radius 3 is 2.73 bits per heavy atom. The van der Waals surface area contributed by atoms with Gasteiger partial charge in [0.2, 0.25) is 0 Å². The minimum absolute atomic E-state index is 0.349. The van der Waals surface area contributed by atoms with Crippen molar-refractivity contribution in [3.05, 3.63) is 0 Å². The summed E-state index contributed by atoms with van der Waals surface area (Å²) in [5.74, 6) is 0.831. The van der Waals surface area contributed by atoms with Crippen LogP contribution in [0.2, 0.25) is 0 Å². The second-order valence-corrected chi connectivity index (χ2v) is 4.76. The van der Waals surface area contributed by atoms with Crippen LogP contribution in [0, 0.1) is 5.92 Å². The highest BCUT2D eigenvalue weighted by atomic mass is 16.5. The van der Waals surface area contributed by atoms with E-state index < -0.39 is 0 Å². The van der Waals surface area contributed by atoms with E-state index in [1.807, 2.05) is 0 Å². The van der Waals surface area contributed by atoms with Crippen LogP contribution < -0.4 is 5.32 Å². The normalized spacial score (nSPS) is 29.8. The van der Waals surface area contributed by atoms with E-state index in [9.17, 15) is 0 Å². The predicted molar refractivity (Wildman–Crippen MR) is 60.0 cm³/mol. The third-order valence-corrected chi connectivity index (χ3v) is 3.74. The lowest BCUT2D eigenvalue weighted by Crippen LogP contribution is -2.38. The highest BCUT2D eigenvalue weighted by Gasteiger charge is 2.25. The molecule has 0 aromatic rings. The molecule has 2 unspecified atom stereocenters. The first-order chi connectivity index (χ1) is 7.40. The van der Waals surface area contributed by atoms with Gasteiger partial charge in [0.15, 0.2) is 0 Å². The first-order valence-electron chi connectivity index (χ1n) is 6.26. The van der Waals surface area contributed by atoms with Crippen LogP contribution >= 0.6 is 0 Å². The molecule has 0 radical (unpaired) electrons. The van der Waals surface area contributed by atoms with Crippen LogP contribution in [-0.2, 0) is 9.47 Å². The van der Waals surface area contributed by atoms with Gasteiger partial charge in [0, 0.05) is 12.6 Å². The quantitative estimate of drug-likeness (QED) is 0.752. The molecule has 1 N–H and O–H groups in total. The second-order valence-electron chi connectivity index (χ2n) is 4.76. The van der Waals surface area contributed by atoms with Gasteiger partial charge in [0.25, 0.3) is 0 Å². The molecule has 1 aliphatic carbocycles. The lowest BCUT2D eigenvalue weighted by molar-refractivity contribution is 0.0223. The van der Waals surface area contributed by atoms with Crippen molar-refractivity contribution in [3.63, 3.8) is 0 Å². The van der Waals surface area contributed by atoms with Crippen LogP contribution in [0.1, 0.15) is 32.1 Å². The zero-order valence-electron chi connectivity index (χ0n) is 9.71. The van der Waals surface area contributed by atoms with Crippen LogP contribution in [0.5, 0.6) is 0 Å². The van der Waals surface area contributed by atoms with Crippen molar-refractivity contribution in [2.75, 3.05) is 26.9 Å². The van der Waals surface area contributed by atoms with Crippen molar-refractivity contribution in [2.45, 2.75) is 44.2 Å². The van der Waals surface area contributed by atoms with Crippen molar-refractivity contribution in [2.24, 2.45) is 5.92 Å². The van der Waals surface area contributed by atoms with Crippen LogP contribution in [0.25, 0.3) is 0 Å². The molecule has 0 spiro atoms. The molecule has 2 atom stereocenters. The highest BCUT2D eigenvalue weighted by molar-refractivity contribution is 4.80. The molecular formula is C12H23NO2. The van der Waals surface area contributed by atoms with Crippen LogP contribution in [-0.4, -0.2) is 39.0 Å². The summed E-state index contributed by atoms with van der Waals surface area (Å²) >= 11 is 0. The fourth-order valence-corrected chi connectivity index (χ4v) is 2.70. The average molecular weight is 213 g/mol. The lowest BCUT2D eigenvalue weighted by atomic mass is 9.99. The standard InChI is InChI=1S/C12H23NO2/c1-13-12(10-4-2-3-5-10)9-15-11-6-7-14-8-11/h10-13H,2-9H2,1H3. The third-order valence-electron chi connectivity index (χ3n) is 3.74. The summed E-state index contributed by atoms with van der Waals surface area (Å²) in [6.45, 7) is 2.52. The number of rotatable bonds is 5. The smallest absolute Gasteiger partial charge is 0.0831 e. The fourth-order valence-electron chi connectivity index (χ4n) is 2.70. The SMILES string of the molecule is CNC(COC1CCOC1)C1CCCC1. The van der Waals surface area contributed by atoms with Gasteiger partial charge in [-0.05, 0) is 32.2 Å². The molecule has 1 saturated carbocycles. The van der Waals surface area contributed by atoms with Gasteiger partial charge in [-0.3, -0.25) is 0 Å². The Bertz CT molecular complexity index is 174. The Morgan fingerprint density at radius 2 is 2.13 bits per heavy atom. The predicted octanol–water partition coefficient (Wildman–Crippen LogP) is 1.57. The zero-order valence-corrected chi connectivity index (χ0v) is 9.71. The molecule has 1 heterocycles. The van der Waals surface area contributed by atoms with Crippen LogP contribution in [0.4, 0.5) is 0 Å². The molecular weight excluding hydrogens is 190 g/mol. The first kappa shape index (κ1) is 11.4. The molecule has 88 valence electrons. The molecule has 0 amide bonds. The van der Waals surface area contributed by atoms with E-state index in [0.29, 0.717) is 12.1 Å². The minimum Gasteiger partial charge on any atom is -0.379 e. The number of nitrogens with one attached hydrogen (secondary N) is 1. The van der Waals surface area contributed by atoms with Gasteiger partial charge < -0.3 is 14.8 Å². The third kappa shape index (κ3) is 3.16. The van der Waals surface area contributed by atoms with Gasteiger partial charge in [-0.1, -0.05) is 12.8 Å². The topological polar surface area (TPSA) is 30.5 Å². The van der Waals surface area contributed by atoms with Gasteiger partial charge in [-0.2, -0.15) is 0 Å². The molecule has 3 nitrogen and oxygen atoms in total. The minimum atomic E-state index is 0.349.